The molecule has 0 aromatic rings. The Balaban J connectivity index is 2.10. The van der Waals surface area contributed by atoms with Gasteiger partial charge in [0, 0.05) is 17.3 Å². The van der Waals surface area contributed by atoms with Crippen molar-refractivity contribution < 1.29 is 15.3 Å². The molecule has 0 amide bonds. The average molecular weight is 254 g/mol. The van der Waals surface area contributed by atoms with Gasteiger partial charge in [-0.05, 0) is 45.4 Å². The van der Waals surface area contributed by atoms with E-state index in [1.165, 1.54) is 0 Å². The zero-order valence-corrected chi connectivity index (χ0v) is 11.9. The summed E-state index contributed by atoms with van der Waals surface area (Å²) in [5, 5.41) is 32.6. The molecule has 4 bridgehead atoms. The van der Waals surface area contributed by atoms with Crippen molar-refractivity contribution in [2.24, 2.45) is 23.2 Å². The van der Waals surface area contributed by atoms with Crippen molar-refractivity contribution in [1.82, 2.24) is 0 Å². The van der Waals surface area contributed by atoms with Crippen LogP contribution in [0.2, 0.25) is 0 Å². The summed E-state index contributed by atoms with van der Waals surface area (Å²) in [4.78, 5) is 0. The molecule has 0 spiro atoms. The zero-order chi connectivity index (χ0) is 13.6. The quantitative estimate of drug-likeness (QED) is 0.667. The molecule has 4 saturated carbocycles. The van der Waals surface area contributed by atoms with Crippen LogP contribution >= 0.6 is 0 Å². The summed E-state index contributed by atoms with van der Waals surface area (Å²) in [5.41, 5.74) is -3.16. The lowest BCUT2D eigenvalue weighted by Gasteiger charge is -2.80. The minimum absolute atomic E-state index is 0.133. The van der Waals surface area contributed by atoms with Crippen LogP contribution in [-0.2, 0) is 0 Å². The van der Waals surface area contributed by atoms with Crippen LogP contribution in [0, 0.1) is 23.2 Å². The third-order valence-electron chi connectivity index (χ3n) is 6.63. The van der Waals surface area contributed by atoms with Crippen molar-refractivity contribution in [3.8, 4) is 0 Å². The summed E-state index contributed by atoms with van der Waals surface area (Å²) < 4.78 is 0. The molecule has 18 heavy (non-hydrogen) atoms. The molecule has 0 saturated heterocycles. The molecule has 6 atom stereocenters. The highest BCUT2D eigenvalue weighted by Gasteiger charge is 2.84. The minimum atomic E-state index is -1.09. The van der Waals surface area contributed by atoms with Crippen LogP contribution in [0.5, 0.6) is 0 Å². The second-order valence-corrected chi connectivity index (χ2v) is 7.84. The van der Waals surface area contributed by atoms with Gasteiger partial charge in [0.05, 0.1) is 11.2 Å². The second-order valence-electron chi connectivity index (χ2n) is 7.84. The first-order valence-corrected chi connectivity index (χ1v) is 7.26. The molecule has 3 N–H and O–H groups in total. The highest BCUT2D eigenvalue weighted by atomic mass is 16.4. The van der Waals surface area contributed by atoms with E-state index in [1.54, 1.807) is 13.8 Å². The smallest absolute Gasteiger partial charge is 0.103 e. The van der Waals surface area contributed by atoms with E-state index in [2.05, 4.69) is 13.8 Å². The molecule has 4 fully saturated rings. The van der Waals surface area contributed by atoms with E-state index in [0.29, 0.717) is 12.3 Å². The molecular weight excluding hydrogens is 228 g/mol. The summed E-state index contributed by atoms with van der Waals surface area (Å²) in [6.45, 7) is 7.84. The Bertz CT molecular complexity index is 384. The van der Waals surface area contributed by atoms with Crippen molar-refractivity contribution in [3.05, 3.63) is 0 Å². The molecule has 3 heteroatoms. The Morgan fingerprint density at radius 3 is 2.28 bits per heavy atom. The van der Waals surface area contributed by atoms with Gasteiger partial charge in [-0.1, -0.05) is 13.8 Å². The molecular formula is C15H26O3. The molecule has 104 valence electrons. The number of aliphatic hydroxyl groups is 3. The lowest BCUT2D eigenvalue weighted by atomic mass is 9.27. The Morgan fingerprint density at radius 2 is 1.72 bits per heavy atom. The fraction of sp³-hybridized carbons (Fsp3) is 1.00. The van der Waals surface area contributed by atoms with Crippen molar-refractivity contribution in [1.29, 1.82) is 0 Å². The van der Waals surface area contributed by atoms with Gasteiger partial charge in [0.25, 0.3) is 0 Å². The fourth-order valence-corrected chi connectivity index (χ4v) is 5.95. The number of hydrogen-bond acceptors (Lipinski definition) is 3. The molecule has 3 nitrogen and oxygen atoms in total. The molecule has 0 aromatic carbocycles. The maximum absolute atomic E-state index is 11.2. The molecule has 0 radical (unpaired) electrons. The molecule has 4 aliphatic carbocycles. The largest absolute Gasteiger partial charge is 0.390 e. The average Bonchev–Trinajstić information content (AvgIpc) is 2.21. The number of hydrogen-bond donors (Lipinski definition) is 3. The van der Waals surface area contributed by atoms with Gasteiger partial charge in [0.1, 0.15) is 5.60 Å². The molecule has 0 aliphatic heterocycles. The van der Waals surface area contributed by atoms with E-state index in [0.717, 1.165) is 19.3 Å². The molecule has 0 heterocycles. The predicted octanol–water partition coefficient (Wildman–Crippen LogP) is 1.70. The normalized spacial score (nSPS) is 59.2. The van der Waals surface area contributed by atoms with E-state index in [4.69, 9.17) is 0 Å². The summed E-state index contributed by atoms with van der Waals surface area (Å²) in [5.74, 6) is 0.345. The first-order valence-electron chi connectivity index (χ1n) is 7.26. The van der Waals surface area contributed by atoms with E-state index in [9.17, 15) is 15.3 Å². The van der Waals surface area contributed by atoms with E-state index in [1.807, 2.05) is 0 Å². The maximum Gasteiger partial charge on any atom is 0.103 e. The molecule has 0 unspecified atom stereocenters. The minimum Gasteiger partial charge on any atom is -0.390 e. The molecule has 0 aromatic heterocycles. The Hall–Kier alpha value is -0.120. The van der Waals surface area contributed by atoms with Gasteiger partial charge in [0.15, 0.2) is 0 Å². The Labute approximate surface area is 109 Å². The van der Waals surface area contributed by atoms with Crippen LogP contribution in [0.4, 0.5) is 0 Å². The van der Waals surface area contributed by atoms with Gasteiger partial charge < -0.3 is 15.3 Å². The molecule has 4 aliphatic rings. The standard InChI is InChI=1S/C15H26O3/c1-9-5-8-14(17)13(4)7-6-10(12(2,3)16)15(14,18)11(9)13/h9-11,16-18H,5-8H2,1-4H3/t9-,10+,11-,13+,14+,15-/m1/s1. The summed E-state index contributed by atoms with van der Waals surface area (Å²) in [6, 6.07) is 0. The van der Waals surface area contributed by atoms with Gasteiger partial charge in [-0.15, -0.1) is 0 Å². The van der Waals surface area contributed by atoms with Crippen LogP contribution in [-0.4, -0.2) is 32.1 Å². The summed E-state index contributed by atoms with van der Waals surface area (Å²) in [7, 11) is 0. The van der Waals surface area contributed by atoms with Gasteiger partial charge in [0.2, 0.25) is 0 Å². The van der Waals surface area contributed by atoms with Crippen molar-refractivity contribution in [2.75, 3.05) is 0 Å². The Morgan fingerprint density at radius 1 is 1.11 bits per heavy atom. The van der Waals surface area contributed by atoms with E-state index >= 15 is 0 Å². The highest BCUT2D eigenvalue weighted by molar-refractivity contribution is 5.34. The van der Waals surface area contributed by atoms with Gasteiger partial charge in [-0.2, -0.15) is 0 Å². The van der Waals surface area contributed by atoms with Gasteiger partial charge in [-0.25, -0.2) is 0 Å². The third-order valence-corrected chi connectivity index (χ3v) is 6.63. The van der Waals surface area contributed by atoms with Crippen LogP contribution in [0.3, 0.4) is 0 Å². The monoisotopic (exact) mass is 254 g/mol. The first-order chi connectivity index (χ1) is 8.09. The van der Waals surface area contributed by atoms with Gasteiger partial charge >= 0.3 is 0 Å². The summed E-state index contributed by atoms with van der Waals surface area (Å²) in [6.07, 6.45) is 3.37. The van der Waals surface area contributed by atoms with Gasteiger partial charge in [-0.3, -0.25) is 0 Å². The number of rotatable bonds is 1. The van der Waals surface area contributed by atoms with Crippen LogP contribution in [0.15, 0.2) is 0 Å². The fourth-order valence-electron chi connectivity index (χ4n) is 5.95. The topological polar surface area (TPSA) is 60.7 Å². The lowest BCUT2D eigenvalue weighted by molar-refractivity contribution is -0.430. The van der Waals surface area contributed by atoms with E-state index < -0.39 is 16.8 Å². The first kappa shape index (κ1) is 12.9. The van der Waals surface area contributed by atoms with Crippen LogP contribution in [0.1, 0.15) is 53.4 Å². The SMILES string of the molecule is C[C@@H]1CC[C@@]2(O)[C@@]3(O)[C@H](C(C)(C)O)CC[C@@]2(C)[C@@H]13. The number of fused-ring (bicyclic) bond motifs is 2. The zero-order valence-electron chi connectivity index (χ0n) is 11.9. The van der Waals surface area contributed by atoms with Crippen LogP contribution < -0.4 is 0 Å². The maximum atomic E-state index is 11.2. The van der Waals surface area contributed by atoms with Crippen LogP contribution in [0.25, 0.3) is 0 Å². The molecule has 4 rings (SSSR count). The lowest BCUT2D eigenvalue weighted by Crippen LogP contribution is -2.89. The predicted molar refractivity (Wildman–Crippen MR) is 68.9 cm³/mol. The van der Waals surface area contributed by atoms with Crippen molar-refractivity contribution >= 4 is 0 Å². The second kappa shape index (κ2) is 3.13. The van der Waals surface area contributed by atoms with Crippen molar-refractivity contribution in [3.63, 3.8) is 0 Å². The third kappa shape index (κ3) is 1.05. The summed E-state index contributed by atoms with van der Waals surface area (Å²) >= 11 is 0. The highest BCUT2D eigenvalue weighted by Crippen LogP contribution is 2.77. The van der Waals surface area contributed by atoms with Crippen molar-refractivity contribution in [2.45, 2.75) is 70.2 Å². The Kier molecular flexibility index (Phi) is 2.24. The van der Waals surface area contributed by atoms with E-state index in [-0.39, 0.29) is 17.3 Å².